The number of carbonyl (C=O) groups is 2. The lowest BCUT2D eigenvalue weighted by atomic mass is 10.2. The van der Waals surface area contributed by atoms with Gasteiger partial charge in [-0.2, -0.15) is 0 Å². The van der Waals surface area contributed by atoms with Crippen LogP contribution in [0, 0.1) is 0 Å². The van der Waals surface area contributed by atoms with E-state index in [0.29, 0.717) is 5.56 Å². The number of hydrogen-bond donors (Lipinski definition) is 1. The number of ether oxygens (including phenoxy) is 1. The molecule has 1 aromatic heterocycles. The Morgan fingerprint density at radius 2 is 2.12 bits per heavy atom. The fraction of sp³-hybridized carbons (Fsp3) is 0.364. The van der Waals surface area contributed by atoms with Gasteiger partial charge in [0, 0.05) is 25.9 Å². The van der Waals surface area contributed by atoms with Gasteiger partial charge in [0.25, 0.3) is 5.91 Å². The minimum atomic E-state index is -0.369. The summed E-state index contributed by atoms with van der Waals surface area (Å²) in [6, 6.07) is 2.72. The molecule has 0 fully saturated rings. The topological polar surface area (TPSA) is 79.5 Å². The van der Waals surface area contributed by atoms with Gasteiger partial charge >= 0.3 is 5.97 Å². The summed E-state index contributed by atoms with van der Waals surface area (Å²) < 4.78 is 4.48. The van der Waals surface area contributed by atoms with Crippen molar-refractivity contribution >= 4 is 11.9 Å². The minimum Gasteiger partial charge on any atom is -0.469 e. The van der Waals surface area contributed by atoms with E-state index in [4.69, 9.17) is 0 Å². The molecule has 0 bridgehead atoms. The van der Waals surface area contributed by atoms with Gasteiger partial charge in [-0.15, -0.1) is 0 Å². The van der Waals surface area contributed by atoms with E-state index >= 15 is 0 Å². The van der Waals surface area contributed by atoms with Crippen LogP contribution < -0.4 is 5.56 Å². The number of hydrogen-bond acceptors (Lipinski definition) is 4. The van der Waals surface area contributed by atoms with Gasteiger partial charge in [-0.05, 0) is 6.07 Å². The van der Waals surface area contributed by atoms with Crippen LogP contribution in [0.25, 0.3) is 0 Å². The Morgan fingerprint density at radius 3 is 2.65 bits per heavy atom. The Hall–Kier alpha value is -2.11. The van der Waals surface area contributed by atoms with Crippen LogP contribution in [-0.4, -0.2) is 42.5 Å². The normalized spacial score (nSPS) is 9.76. The molecule has 0 spiro atoms. The molecule has 1 amide bonds. The monoisotopic (exact) mass is 238 g/mol. The van der Waals surface area contributed by atoms with Crippen molar-refractivity contribution in [3.05, 3.63) is 34.2 Å². The SMILES string of the molecule is COC(=O)CCN(C)C(=O)c1ccc(=O)[nH]c1. The van der Waals surface area contributed by atoms with E-state index in [1.165, 1.54) is 30.3 Å². The Kier molecular flexibility index (Phi) is 4.45. The van der Waals surface area contributed by atoms with E-state index < -0.39 is 0 Å². The van der Waals surface area contributed by atoms with Crippen molar-refractivity contribution in [2.45, 2.75) is 6.42 Å². The van der Waals surface area contributed by atoms with Crippen LogP contribution in [0.4, 0.5) is 0 Å². The Bertz CT molecular complexity index is 446. The number of aromatic nitrogens is 1. The van der Waals surface area contributed by atoms with Gasteiger partial charge in [-0.3, -0.25) is 14.4 Å². The second-order valence-electron chi connectivity index (χ2n) is 3.49. The number of H-pyrrole nitrogens is 1. The van der Waals surface area contributed by atoms with Crippen molar-refractivity contribution in [3.63, 3.8) is 0 Å². The van der Waals surface area contributed by atoms with E-state index in [1.54, 1.807) is 7.05 Å². The maximum absolute atomic E-state index is 11.8. The molecule has 1 rings (SSSR count). The summed E-state index contributed by atoms with van der Waals surface area (Å²) in [5.41, 5.74) is 0.107. The Morgan fingerprint density at radius 1 is 1.41 bits per heavy atom. The summed E-state index contributed by atoms with van der Waals surface area (Å²) in [4.78, 5) is 37.4. The highest BCUT2D eigenvalue weighted by Gasteiger charge is 2.12. The van der Waals surface area contributed by atoms with Crippen molar-refractivity contribution < 1.29 is 14.3 Å². The average Bonchev–Trinajstić information content (AvgIpc) is 2.35. The van der Waals surface area contributed by atoms with Gasteiger partial charge in [0.1, 0.15) is 0 Å². The molecule has 6 heteroatoms. The molecule has 0 aliphatic carbocycles. The van der Waals surface area contributed by atoms with E-state index in [1.807, 2.05) is 0 Å². The lowest BCUT2D eigenvalue weighted by Gasteiger charge is -2.16. The molecule has 6 nitrogen and oxygen atoms in total. The number of esters is 1. The van der Waals surface area contributed by atoms with Crippen molar-refractivity contribution in [1.29, 1.82) is 0 Å². The molecule has 0 aliphatic rings. The number of nitrogens with one attached hydrogen (secondary N) is 1. The highest BCUT2D eigenvalue weighted by atomic mass is 16.5. The second-order valence-corrected chi connectivity index (χ2v) is 3.49. The third-order valence-corrected chi connectivity index (χ3v) is 2.26. The third-order valence-electron chi connectivity index (χ3n) is 2.26. The molecule has 0 saturated heterocycles. The van der Waals surface area contributed by atoms with Crippen molar-refractivity contribution in [2.24, 2.45) is 0 Å². The predicted octanol–water partition coefficient (Wildman–Crippen LogP) is 0.01000. The summed E-state index contributed by atoms with van der Waals surface area (Å²) in [7, 11) is 2.88. The first kappa shape index (κ1) is 13.0. The maximum atomic E-state index is 11.8. The van der Waals surface area contributed by atoms with Gasteiger partial charge in [-0.25, -0.2) is 0 Å². The highest BCUT2D eigenvalue weighted by molar-refractivity contribution is 5.93. The lowest BCUT2D eigenvalue weighted by molar-refractivity contribution is -0.140. The minimum absolute atomic E-state index is 0.141. The number of carbonyl (C=O) groups excluding carboxylic acids is 2. The highest BCUT2D eigenvalue weighted by Crippen LogP contribution is 2.00. The maximum Gasteiger partial charge on any atom is 0.307 e. The Balaban J connectivity index is 2.60. The third kappa shape index (κ3) is 3.75. The van der Waals surface area contributed by atoms with E-state index in [-0.39, 0.29) is 30.4 Å². The molecular formula is C11H14N2O4. The molecule has 0 unspecified atom stereocenters. The van der Waals surface area contributed by atoms with Crippen LogP contribution in [0.2, 0.25) is 0 Å². The molecule has 1 N–H and O–H groups in total. The molecular weight excluding hydrogens is 224 g/mol. The average molecular weight is 238 g/mol. The molecule has 1 heterocycles. The number of aromatic amines is 1. The first-order valence-corrected chi connectivity index (χ1v) is 5.05. The molecule has 0 aromatic carbocycles. The zero-order valence-electron chi connectivity index (χ0n) is 9.73. The van der Waals surface area contributed by atoms with Gasteiger partial charge in [0.2, 0.25) is 5.56 Å². The molecule has 17 heavy (non-hydrogen) atoms. The molecule has 92 valence electrons. The quantitative estimate of drug-likeness (QED) is 0.749. The standard InChI is InChI=1S/C11H14N2O4/c1-13(6-5-10(15)17-2)11(16)8-3-4-9(14)12-7-8/h3-4,7H,5-6H2,1-2H3,(H,12,14). The molecule has 0 saturated carbocycles. The molecule has 0 aliphatic heterocycles. The first-order chi connectivity index (χ1) is 8.04. The predicted molar refractivity (Wildman–Crippen MR) is 60.7 cm³/mol. The van der Waals surface area contributed by atoms with Crippen LogP contribution in [0.15, 0.2) is 23.1 Å². The van der Waals surface area contributed by atoms with Gasteiger partial charge < -0.3 is 14.6 Å². The smallest absolute Gasteiger partial charge is 0.307 e. The summed E-state index contributed by atoms with van der Waals surface area (Å²) in [6.07, 6.45) is 1.49. The molecule has 0 radical (unpaired) electrons. The summed E-state index contributed by atoms with van der Waals surface area (Å²) >= 11 is 0. The van der Waals surface area contributed by atoms with Crippen LogP contribution in [0.5, 0.6) is 0 Å². The molecule has 0 atom stereocenters. The second kappa shape index (κ2) is 5.83. The number of methoxy groups -OCH3 is 1. The van der Waals surface area contributed by atoms with E-state index in [9.17, 15) is 14.4 Å². The fourth-order valence-electron chi connectivity index (χ4n) is 1.23. The zero-order chi connectivity index (χ0) is 12.8. The van der Waals surface area contributed by atoms with Gasteiger partial charge in [0.15, 0.2) is 0 Å². The number of amides is 1. The van der Waals surface area contributed by atoms with Crippen LogP contribution in [0.1, 0.15) is 16.8 Å². The largest absolute Gasteiger partial charge is 0.469 e. The van der Waals surface area contributed by atoms with Crippen molar-refractivity contribution in [2.75, 3.05) is 20.7 Å². The fourth-order valence-corrected chi connectivity index (χ4v) is 1.23. The number of nitrogens with zero attached hydrogens (tertiary/aromatic N) is 1. The molecule has 1 aromatic rings. The van der Waals surface area contributed by atoms with Crippen LogP contribution in [-0.2, 0) is 9.53 Å². The summed E-state index contributed by atoms with van der Waals surface area (Å²) in [6.45, 7) is 0.268. The zero-order valence-corrected chi connectivity index (χ0v) is 9.73. The van der Waals surface area contributed by atoms with E-state index in [2.05, 4.69) is 9.72 Å². The Labute approximate surface area is 98.2 Å². The van der Waals surface area contributed by atoms with E-state index in [0.717, 1.165) is 0 Å². The van der Waals surface area contributed by atoms with Gasteiger partial charge in [0.05, 0.1) is 19.1 Å². The number of rotatable bonds is 4. The summed E-state index contributed by atoms with van der Waals surface area (Å²) in [5, 5.41) is 0. The van der Waals surface area contributed by atoms with Gasteiger partial charge in [-0.1, -0.05) is 0 Å². The van der Waals surface area contributed by atoms with Crippen molar-refractivity contribution in [1.82, 2.24) is 9.88 Å². The van der Waals surface area contributed by atoms with Crippen LogP contribution in [0.3, 0.4) is 0 Å². The van der Waals surface area contributed by atoms with Crippen LogP contribution >= 0.6 is 0 Å². The summed E-state index contributed by atoms with van der Waals surface area (Å²) in [5.74, 6) is -0.628. The number of pyridine rings is 1. The lowest BCUT2D eigenvalue weighted by Crippen LogP contribution is -2.29. The first-order valence-electron chi connectivity index (χ1n) is 5.05. The van der Waals surface area contributed by atoms with Crippen molar-refractivity contribution in [3.8, 4) is 0 Å².